The zero-order valence-corrected chi connectivity index (χ0v) is 12.6. The standard InChI is InChI=1S/C17H21F3O2/c1-15-8-2-3-9-16(21,22-15)14(11-15)10-12-4-6-13(7-5-12)17(18,19)20/h4-7,14,21H,2-3,8-11H2,1H3/t14-,15+,16-/m0/s1. The first kappa shape index (κ1) is 15.8. The fourth-order valence-corrected chi connectivity index (χ4v) is 3.86. The van der Waals surface area contributed by atoms with Crippen molar-refractivity contribution in [2.45, 2.75) is 63.0 Å². The number of hydrogen-bond donors (Lipinski definition) is 1. The highest BCUT2D eigenvalue weighted by Gasteiger charge is 2.53. The van der Waals surface area contributed by atoms with E-state index in [-0.39, 0.29) is 11.5 Å². The van der Waals surface area contributed by atoms with Gasteiger partial charge < -0.3 is 9.84 Å². The van der Waals surface area contributed by atoms with E-state index in [4.69, 9.17) is 4.74 Å². The Balaban J connectivity index is 1.76. The number of hydrogen-bond acceptors (Lipinski definition) is 2. The van der Waals surface area contributed by atoms with Crippen molar-refractivity contribution in [2.75, 3.05) is 0 Å². The highest BCUT2D eigenvalue weighted by molar-refractivity contribution is 5.25. The van der Waals surface area contributed by atoms with E-state index >= 15 is 0 Å². The van der Waals surface area contributed by atoms with E-state index in [0.29, 0.717) is 12.8 Å². The minimum Gasteiger partial charge on any atom is -0.365 e. The second-order valence-electron chi connectivity index (χ2n) is 6.90. The first-order valence-electron chi connectivity index (χ1n) is 7.79. The van der Waals surface area contributed by atoms with E-state index in [1.54, 1.807) is 0 Å². The van der Waals surface area contributed by atoms with Crippen molar-refractivity contribution in [1.29, 1.82) is 0 Å². The molecule has 0 unspecified atom stereocenters. The van der Waals surface area contributed by atoms with Gasteiger partial charge in [-0.1, -0.05) is 18.6 Å². The van der Waals surface area contributed by atoms with Gasteiger partial charge in [-0.05, 0) is 50.3 Å². The van der Waals surface area contributed by atoms with Gasteiger partial charge in [0.1, 0.15) is 0 Å². The van der Waals surface area contributed by atoms with E-state index in [2.05, 4.69) is 0 Å². The molecule has 122 valence electrons. The minimum absolute atomic E-state index is 0.0606. The third-order valence-corrected chi connectivity index (χ3v) is 4.99. The predicted octanol–water partition coefficient (Wildman–Crippen LogP) is 4.31. The topological polar surface area (TPSA) is 29.5 Å². The summed E-state index contributed by atoms with van der Waals surface area (Å²) in [5, 5.41) is 10.8. The molecule has 1 aromatic rings. The lowest BCUT2D eigenvalue weighted by atomic mass is 9.80. The summed E-state index contributed by atoms with van der Waals surface area (Å²) < 4.78 is 43.7. The molecule has 2 heterocycles. The number of benzene rings is 1. The van der Waals surface area contributed by atoms with Crippen LogP contribution in [0.3, 0.4) is 0 Å². The number of halogens is 3. The average Bonchev–Trinajstić information content (AvgIpc) is 2.56. The molecule has 3 rings (SSSR count). The molecule has 2 saturated heterocycles. The molecule has 5 heteroatoms. The Morgan fingerprint density at radius 2 is 1.82 bits per heavy atom. The molecule has 0 spiro atoms. The molecule has 2 bridgehead atoms. The largest absolute Gasteiger partial charge is 0.416 e. The summed E-state index contributed by atoms with van der Waals surface area (Å²) >= 11 is 0. The second kappa shape index (κ2) is 5.24. The second-order valence-corrected chi connectivity index (χ2v) is 6.90. The Morgan fingerprint density at radius 1 is 1.18 bits per heavy atom. The molecule has 1 aromatic carbocycles. The van der Waals surface area contributed by atoms with E-state index in [1.807, 2.05) is 6.92 Å². The van der Waals surface area contributed by atoms with Gasteiger partial charge in [0.05, 0.1) is 11.2 Å². The van der Waals surface area contributed by atoms with Gasteiger partial charge in [-0.15, -0.1) is 0 Å². The number of ether oxygens (including phenoxy) is 1. The molecule has 2 fully saturated rings. The smallest absolute Gasteiger partial charge is 0.365 e. The summed E-state index contributed by atoms with van der Waals surface area (Å²) in [6.45, 7) is 2.02. The SMILES string of the molecule is C[C@]12CCCC[C@](O)(O1)[C@@H](Cc1ccc(C(F)(F)F)cc1)C2. The van der Waals surface area contributed by atoms with Gasteiger partial charge in [-0.3, -0.25) is 0 Å². The molecule has 2 aliphatic rings. The van der Waals surface area contributed by atoms with Crippen LogP contribution in [-0.2, 0) is 17.3 Å². The fraction of sp³-hybridized carbons (Fsp3) is 0.647. The maximum absolute atomic E-state index is 12.6. The fourth-order valence-electron chi connectivity index (χ4n) is 3.86. The van der Waals surface area contributed by atoms with Gasteiger partial charge in [0.2, 0.25) is 0 Å². The predicted molar refractivity (Wildman–Crippen MR) is 76.2 cm³/mol. The van der Waals surface area contributed by atoms with Crippen LogP contribution in [0.2, 0.25) is 0 Å². The molecule has 1 N–H and O–H groups in total. The van der Waals surface area contributed by atoms with Crippen LogP contribution in [0.1, 0.15) is 50.2 Å². The maximum Gasteiger partial charge on any atom is 0.416 e. The molecule has 0 amide bonds. The van der Waals surface area contributed by atoms with E-state index < -0.39 is 17.5 Å². The summed E-state index contributed by atoms with van der Waals surface area (Å²) in [6.07, 6.45) is 0.498. The van der Waals surface area contributed by atoms with Crippen LogP contribution in [0.4, 0.5) is 13.2 Å². The Morgan fingerprint density at radius 3 is 2.45 bits per heavy atom. The minimum atomic E-state index is -4.31. The van der Waals surface area contributed by atoms with Gasteiger partial charge in [-0.25, -0.2) is 0 Å². The van der Waals surface area contributed by atoms with Crippen molar-refractivity contribution >= 4 is 0 Å². The van der Waals surface area contributed by atoms with Crippen molar-refractivity contribution in [3.05, 3.63) is 35.4 Å². The molecule has 2 aliphatic heterocycles. The summed E-state index contributed by atoms with van der Waals surface area (Å²) in [7, 11) is 0. The van der Waals surface area contributed by atoms with Gasteiger partial charge in [0, 0.05) is 12.3 Å². The van der Waals surface area contributed by atoms with Crippen LogP contribution >= 0.6 is 0 Å². The Labute approximate surface area is 128 Å². The number of fused-ring (bicyclic) bond motifs is 2. The van der Waals surface area contributed by atoms with Crippen LogP contribution in [0.25, 0.3) is 0 Å². The molecule has 3 atom stereocenters. The maximum atomic E-state index is 12.6. The van der Waals surface area contributed by atoms with E-state index in [0.717, 1.165) is 43.4 Å². The monoisotopic (exact) mass is 314 g/mol. The quantitative estimate of drug-likeness (QED) is 0.881. The van der Waals surface area contributed by atoms with Crippen molar-refractivity contribution in [3.8, 4) is 0 Å². The van der Waals surface area contributed by atoms with Crippen LogP contribution in [0, 0.1) is 5.92 Å². The van der Waals surface area contributed by atoms with Crippen LogP contribution in [0.15, 0.2) is 24.3 Å². The van der Waals surface area contributed by atoms with Gasteiger partial charge in [-0.2, -0.15) is 13.2 Å². The van der Waals surface area contributed by atoms with Crippen molar-refractivity contribution in [1.82, 2.24) is 0 Å². The number of rotatable bonds is 2. The summed E-state index contributed by atoms with van der Waals surface area (Å²) in [6, 6.07) is 5.22. The molecular weight excluding hydrogens is 293 g/mol. The van der Waals surface area contributed by atoms with E-state index in [1.165, 1.54) is 12.1 Å². The lowest BCUT2D eigenvalue weighted by Gasteiger charge is -2.29. The number of aliphatic hydroxyl groups is 1. The Hall–Kier alpha value is -1.07. The third-order valence-electron chi connectivity index (χ3n) is 4.99. The first-order valence-corrected chi connectivity index (χ1v) is 7.79. The molecule has 2 nitrogen and oxygen atoms in total. The molecule has 0 aliphatic carbocycles. The van der Waals surface area contributed by atoms with E-state index in [9.17, 15) is 18.3 Å². The molecule has 0 aromatic heterocycles. The molecular formula is C17H21F3O2. The highest BCUT2D eigenvalue weighted by Crippen LogP contribution is 2.49. The van der Waals surface area contributed by atoms with Crippen molar-refractivity contribution in [3.63, 3.8) is 0 Å². The molecule has 22 heavy (non-hydrogen) atoms. The number of alkyl halides is 3. The Kier molecular flexibility index (Phi) is 3.76. The van der Waals surface area contributed by atoms with Gasteiger partial charge in [0.25, 0.3) is 0 Å². The van der Waals surface area contributed by atoms with Gasteiger partial charge in [0.15, 0.2) is 5.79 Å². The van der Waals surface area contributed by atoms with Crippen molar-refractivity contribution in [2.24, 2.45) is 5.92 Å². The summed E-state index contributed by atoms with van der Waals surface area (Å²) in [5.41, 5.74) is -0.132. The lowest BCUT2D eigenvalue weighted by molar-refractivity contribution is -0.232. The summed E-state index contributed by atoms with van der Waals surface area (Å²) in [5.74, 6) is -1.19. The third kappa shape index (κ3) is 3.01. The van der Waals surface area contributed by atoms with Gasteiger partial charge >= 0.3 is 6.18 Å². The van der Waals surface area contributed by atoms with Crippen LogP contribution in [-0.4, -0.2) is 16.5 Å². The zero-order chi connectivity index (χ0) is 16.0. The van der Waals surface area contributed by atoms with Crippen LogP contribution in [0.5, 0.6) is 0 Å². The first-order chi connectivity index (χ1) is 10.2. The van der Waals surface area contributed by atoms with Crippen LogP contribution < -0.4 is 0 Å². The molecule has 0 saturated carbocycles. The highest BCUT2D eigenvalue weighted by atomic mass is 19.4. The summed E-state index contributed by atoms with van der Waals surface area (Å²) in [4.78, 5) is 0. The normalized spacial score (nSPS) is 35.4. The zero-order valence-electron chi connectivity index (χ0n) is 12.6. The lowest BCUT2D eigenvalue weighted by Crippen LogP contribution is -2.36. The Bertz CT molecular complexity index is 540. The average molecular weight is 314 g/mol. The van der Waals surface area contributed by atoms with Crippen molar-refractivity contribution < 1.29 is 23.0 Å². The molecule has 0 radical (unpaired) electrons.